The minimum atomic E-state index is 0.00368. The number of hydrogen-bond donors (Lipinski definition) is 0. The van der Waals surface area contributed by atoms with Gasteiger partial charge in [0.25, 0.3) is 5.91 Å². The Morgan fingerprint density at radius 3 is 2.57 bits per heavy atom. The van der Waals surface area contributed by atoms with Crippen molar-refractivity contribution in [2.24, 2.45) is 0 Å². The highest BCUT2D eigenvalue weighted by Gasteiger charge is 2.36. The van der Waals surface area contributed by atoms with Gasteiger partial charge >= 0.3 is 0 Å². The second-order valence-electron chi connectivity index (χ2n) is 6.59. The Hall–Kier alpha value is -3.81. The number of benzene rings is 1. The third kappa shape index (κ3) is 2.94. The lowest BCUT2D eigenvalue weighted by molar-refractivity contribution is 0.0569. The van der Waals surface area contributed by atoms with Crippen LogP contribution >= 0.6 is 0 Å². The van der Waals surface area contributed by atoms with Crippen molar-refractivity contribution < 1.29 is 9.32 Å². The molecule has 1 aromatic carbocycles. The lowest BCUT2D eigenvalue weighted by atomic mass is 9.98. The highest BCUT2D eigenvalue weighted by Crippen LogP contribution is 2.28. The molecule has 0 atom stereocenters. The molecule has 0 unspecified atom stereocenters. The van der Waals surface area contributed by atoms with Gasteiger partial charge in [0.2, 0.25) is 11.7 Å². The van der Waals surface area contributed by atoms with E-state index in [-0.39, 0.29) is 11.8 Å². The predicted molar refractivity (Wildman–Crippen MR) is 99.7 cm³/mol. The molecule has 0 radical (unpaired) electrons. The fourth-order valence-electron chi connectivity index (χ4n) is 3.19. The standard InChI is InChI=1S/C20H16N6O2/c27-20(14-3-5-16(6-4-14)25-9-1-2-10-25)26-12-15(13-26)19-23-18(24-28-19)17-11-21-7-8-22-17/h1-11,15H,12-13H2. The number of amides is 1. The number of nitrogens with zero attached hydrogens (tertiary/aromatic N) is 6. The van der Waals surface area contributed by atoms with Crippen LogP contribution in [-0.2, 0) is 0 Å². The summed E-state index contributed by atoms with van der Waals surface area (Å²) in [7, 11) is 0. The van der Waals surface area contributed by atoms with Crippen LogP contribution in [0.4, 0.5) is 0 Å². The first-order chi connectivity index (χ1) is 13.8. The summed E-state index contributed by atoms with van der Waals surface area (Å²) in [5.41, 5.74) is 2.25. The first kappa shape index (κ1) is 16.4. The van der Waals surface area contributed by atoms with Crippen molar-refractivity contribution >= 4 is 5.91 Å². The van der Waals surface area contributed by atoms with E-state index in [1.807, 2.05) is 53.4 Å². The molecule has 0 aliphatic carbocycles. The van der Waals surface area contributed by atoms with E-state index in [9.17, 15) is 4.79 Å². The van der Waals surface area contributed by atoms with Crippen LogP contribution < -0.4 is 0 Å². The molecule has 0 bridgehead atoms. The van der Waals surface area contributed by atoms with Crippen LogP contribution in [-0.4, -0.2) is 48.6 Å². The maximum atomic E-state index is 12.7. The van der Waals surface area contributed by atoms with Gasteiger partial charge in [0.1, 0.15) is 5.69 Å². The van der Waals surface area contributed by atoms with E-state index in [4.69, 9.17) is 4.52 Å². The summed E-state index contributed by atoms with van der Waals surface area (Å²) in [4.78, 5) is 27.0. The van der Waals surface area contributed by atoms with Crippen LogP contribution in [0.3, 0.4) is 0 Å². The van der Waals surface area contributed by atoms with Crippen LogP contribution in [0.25, 0.3) is 17.2 Å². The number of rotatable bonds is 4. The fraction of sp³-hybridized carbons (Fsp3) is 0.150. The van der Waals surface area contributed by atoms with Gasteiger partial charge in [0, 0.05) is 49.1 Å². The molecule has 4 heterocycles. The molecule has 0 N–H and O–H groups in total. The van der Waals surface area contributed by atoms with Crippen molar-refractivity contribution in [3.05, 3.63) is 78.8 Å². The maximum absolute atomic E-state index is 12.7. The van der Waals surface area contributed by atoms with E-state index in [2.05, 4.69) is 20.1 Å². The number of likely N-dealkylation sites (tertiary alicyclic amines) is 1. The molecule has 0 saturated carbocycles. The van der Waals surface area contributed by atoms with E-state index in [0.717, 1.165) is 5.69 Å². The lowest BCUT2D eigenvalue weighted by Crippen LogP contribution is -2.48. The molecule has 138 valence electrons. The third-order valence-corrected chi connectivity index (χ3v) is 4.77. The number of hydrogen-bond acceptors (Lipinski definition) is 6. The zero-order chi connectivity index (χ0) is 18.9. The van der Waals surface area contributed by atoms with Gasteiger partial charge in [-0.3, -0.25) is 9.78 Å². The molecule has 1 fully saturated rings. The number of aromatic nitrogens is 5. The first-order valence-electron chi connectivity index (χ1n) is 8.90. The Morgan fingerprint density at radius 2 is 1.86 bits per heavy atom. The Morgan fingerprint density at radius 1 is 1.07 bits per heavy atom. The molecule has 1 aliphatic heterocycles. The third-order valence-electron chi connectivity index (χ3n) is 4.77. The Bertz CT molecular complexity index is 1080. The summed E-state index contributed by atoms with van der Waals surface area (Å²) in [5.74, 6) is 0.978. The minimum absolute atomic E-state index is 0.00368. The van der Waals surface area contributed by atoms with Crippen molar-refractivity contribution in [1.82, 2.24) is 29.6 Å². The van der Waals surface area contributed by atoms with Gasteiger partial charge in [-0.2, -0.15) is 4.98 Å². The molecule has 8 nitrogen and oxygen atoms in total. The highest BCUT2D eigenvalue weighted by atomic mass is 16.5. The van der Waals surface area contributed by atoms with E-state index in [0.29, 0.717) is 36.1 Å². The largest absolute Gasteiger partial charge is 0.338 e. The second kappa shape index (κ2) is 6.73. The average molecular weight is 372 g/mol. The summed E-state index contributed by atoms with van der Waals surface area (Å²) in [6, 6.07) is 11.5. The summed E-state index contributed by atoms with van der Waals surface area (Å²) in [6.45, 7) is 1.11. The van der Waals surface area contributed by atoms with Gasteiger partial charge in [0.05, 0.1) is 12.1 Å². The number of carbonyl (C=O) groups is 1. The monoisotopic (exact) mass is 372 g/mol. The molecular weight excluding hydrogens is 356 g/mol. The second-order valence-corrected chi connectivity index (χ2v) is 6.59. The van der Waals surface area contributed by atoms with Crippen molar-refractivity contribution in [3.63, 3.8) is 0 Å². The minimum Gasteiger partial charge on any atom is -0.338 e. The van der Waals surface area contributed by atoms with Crippen LogP contribution in [0.5, 0.6) is 0 Å². The molecule has 28 heavy (non-hydrogen) atoms. The molecule has 4 aromatic rings. The smallest absolute Gasteiger partial charge is 0.253 e. The van der Waals surface area contributed by atoms with Crippen molar-refractivity contribution in [2.45, 2.75) is 5.92 Å². The van der Waals surface area contributed by atoms with Crippen molar-refractivity contribution in [2.75, 3.05) is 13.1 Å². The quantitative estimate of drug-likeness (QED) is 0.547. The number of carbonyl (C=O) groups excluding carboxylic acids is 1. The van der Waals surface area contributed by atoms with Crippen LogP contribution in [0.15, 0.2) is 71.9 Å². The van der Waals surface area contributed by atoms with Gasteiger partial charge in [0.15, 0.2) is 0 Å². The maximum Gasteiger partial charge on any atom is 0.253 e. The van der Waals surface area contributed by atoms with Gasteiger partial charge < -0.3 is 14.0 Å². The summed E-state index contributed by atoms with van der Waals surface area (Å²) in [6.07, 6.45) is 8.69. The normalized spacial score (nSPS) is 14.1. The average Bonchev–Trinajstić information content (AvgIpc) is 3.40. The van der Waals surface area contributed by atoms with E-state index < -0.39 is 0 Å². The van der Waals surface area contributed by atoms with Gasteiger partial charge in [-0.1, -0.05) is 5.16 Å². The highest BCUT2D eigenvalue weighted by molar-refractivity contribution is 5.95. The van der Waals surface area contributed by atoms with Crippen LogP contribution in [0.2, 0.25) is 0 Å². The summed E-state index contributed by atoms with van der Waals surface area (Å²) < 4.78 is 7.34. The summed E-state index contributed by atoms with van der Waals surface area (Å²) >= 11 is 0. The van der Waals surface area contributed by atoms with E-state index in [1.54, 1.807) is 23.5 Å². The van der Waals surface area contributed by atoms with Crippen molar-refractivity contribution in [1.29, 1.82) is 0 Å². The topological polar surface area (TPSA) is 89.9 Å². The molecule has 1 amide bonds. The lowest BCUT2D eigenvalue weighted by Gasteiger charge is -2.37. The zero-order valence-corrected chi connectivity index (χ0v) is 14.8. The zero-order valence-electron chi connectivity index (χ0n) is 14.8. The van der Waals surface area contributed by atoms with Crippen molar-refractivity contribution in [3.8, 4) is 17.2 Å². The molecule has 5 rings (SSSR count). The fourth-order valence-corrected chi connectivity index (χ4v) is 3.19. The van der Waals surface area contributed by atoms with Gasteiger partial charge in [-0.05, 0) is 36.4 Å². The Kier molecular flexibility index (Phi) is 3.93. The molecule has 0 spiro atoms. The predicted octanol–water partition coefficient (Wildman–Crippen LogP) is 2.56. The summed E-state index contributed by atoms with van der Waals surface area (Å²) in [5, 5.41) is 3.96. The Labute approximate surface area is 160 Å². The molecule has 1 saturated heterocycles. The van der Waals surface area contributed by atoms with Crippen LogP contribution in [0, 0.1) is 0 Å². The van der Waals surface area contributed by atoms with Gasteiger partial charge in [-0.25, -0.2) is 4.98 Å². The van der Waals surface area contributed by atoms with E-state index >= 15 is 0 Å². The molecule has 1 aliphatic rings. The molecular formula is C20H16N6O2. The Balaban J connectivity index is 1.23. The SMILES string of the molecule is O=C(c1ccc(-n2cccc2)cc1)N1CC(c2nc(-c3cnccn3)no2)C1. The van der Waals surface area contributed by atoms with Crippen LogP contribution in [0.1, 0.15) is 22.2 Å². The van der Waals surface area contributed by atoms with Gasteiger partial charge in [-0.15, -0.1) is 0 Å². The first-order valence-corrected chi connectivity index (χ1v) is 8.90. The molecule has 3 aromatic heterocycles. The molecule has 8 heteroatoms. The van der Waals surface area contributed by atoms with E-state index in [1.165, 1.54) is 0 Å².